The van der Waals surface area contributed by atoms with Crippen LogP contribution in [0.4, 0.5) is 0 Å². The number of fused-ring (bicyclic) bond motifs is 1. The first kappa shape index (κ1) is 18.4. The van der Waals surface area contributed by atoms with Gasteiger partial charge in [0.15, 0.2) is 22.2 Å². The lowest BCUT2D eigenvalue weighted by Gasteiger charge is -2.01. The van der Waals surface area contributed by atoms with Crippen LogP contribution in [0.2, 0.25) is 0 Å². The average Bonchev–Trinajstić information content (AvgIpc) is 3.08. The van der Waals surface area contributed by atoms with Crippen LogP contribution in [0.3, 0.4) is 0 Å². The molecule has 0 spiro atoms. The van der Waals surface area contributed by atoms with Gasteiger partial charge in [-0.1, -0.05) is 11.8 Å². The van der Waals surface area contributed by atoms with Crippen molar-refractivity contribution in [3.8, 4) is 17.6 Å². The lowest BCUT2D eigenvalue weighted by Crippen LogP contribution is -2.13. The molecule has 1 N–H and O–H groups in total. The Morgan fingerprint density at radius 2 is 2.28 bits per heavy atom. The van der Waals surface area contributed by atoms with Crippen LogP contribution in [0, 0.1) is 11.3 Å². The normalized spacial score (nSPS) is 13.6. The van der Waals surface area contributed by atoms with E-state index in [2.05, 4.69) is 15.5 Å². The molecular formula is C16H16N4O4S. The van der Waals surface area contributed by atoms with Gasteiger partial charge in [0, 0.05) is 0 Å². The van der Waals surface area contributed by atoms with Crippen molar-refractivity contribution in [1.29, 1.82) is 5.26 Å². The van der Waals surface area contributed by atoms with E-state index in [4.69, 9.17) is 19.5 Å². The average molecular weight is 360 g/mol. The molecule has 0 aromatic heterocycles. The molecule has 0 atom stereocenters. The Labute approximate surface area is 149 Å². The first-order valence-corrected chi connectivity index (χ1v) is 8.48. The Morgan fingerprint density at radius 3 is 3.00 bits per heavy atom. The van der Waals surface area contributed by atoms with E-state index >= 15 is 0 Å². The fourth-order valence-corrected chi connectivity index (χ4v) is 2.04. The fourth-order valence-electron chi connectivity index (χ4n) is 1.74. The number of benzene rings is 1. The highest BCUT2D eigenvalue weighted by Gasteiger charge is 2.12. The summed E-state index contributed by atoms with van der Waals surface area (Å²) in [5.41, 5.74) is 3.37. The summed E-state index contributed by atoms with van der Waals surface area (Å²) < 4.78 is 15.3. The van der Waals surface area contributed by atoms with E-state index in [1.54, 1.807) is 37.6 Å². The Balaban J connectivity index is 2.01. The number of thioether (sulfide) groups is 1. The molecule has 1 aliphatic heterocycles. The first-order valence-electron chi connectivity index (χ1n) is 7.25. The molecule has 0 aliphatic carbocycles. The predicted molar refractivity (Wildman–Crippen MR) is 94.6 cm³/mol. The van der Waals surface area contributed by atoms with Crippen molar-refractivity contribution >= 4 is 29.1 Å². The third-order valence-electron chi connectivity index (χ3n) is 2.89. The van der Waals surface area contributed by atoms with Crippen molar-refractivity contribution in [2.45, 2.75) is 6.92 Å². The van der Waals surface area contributed by atoms with E-state index in [9.17, 15) is 4.79 Å². The van der Waals surface area contributed by atoms with Gasteiger partial charge in [-0.3, -0.25) is 5.43 Å². The van der Waals surface area contributed by atoms with Crippen LogP contribution < -0.4 is 14.9 Å². The Kier molecular flexibility index (Phi) is 6.86. The molecule has 9 heteroatoms. The number of nitrogens with zero attached hydrogens (tertiary/aromatic N) is 3. The second-order valence-electron chi connectivity index (χ2n) is 4.50. The SMILES string of the molecule is CCOC(=O)/C(C#N)=C/N=C(N/N=C/c1ccc2c(c1)OCO2)SC. The predicted octanol–water partition coefficient (Wildman–Crippen LogP) is 2.03. The minimum Gasteiger partial charge on any atom is -0.462 e. The highest BCUT2D eigenvalue weighted by Crippen LogP contribution is 2.31. The minimum atomic E-state index is -0.710. The van der Waals surface area contributed by atoms with Crippen molar-refractivity contribution in [1.82, 2.24) is 5.43 Å². The molecule has 1 aliphatic rings. The smallest absolute Gasteiger partial charge is 0.350 e. The number of ether oxygens (including phenoxy) is 3. The minimum absolute atomic E-state index is 0.185. The van der Waals surface area contributed by atoms with Gasteiger partial charge >= 0.3 is 5.97 Å². The third kappa shape index (κ3) is 5.26. The number of rotatable bonds is 5. The number of nitriles is 1. The van der Waals surface area contributed by atoms with Crippen LogP contribution in [-0.4, -0.2) is 37.0 Å². The Hall–Kier alpha value is -2.99. The molecule has 130 valence electrons. The molecule has 0 bridgehead atoms. The van der Waals surface area contributed by atoms with Crippen molar-refractivity contribution in [3.05, 3.63) is 35.5 Å². The molecule has 0 saturated carbocycles. The quantitative estimate of drug-likeness (QED) is 0.214. The maximum absolute atomic E-state index is 11.5. The first-order chi connectivity index (χ1) is 12.2. The molecule has 0 unspecified atom stereocenters. The van der Waals surface area contributed by atoms with Gasteiger partial charge in [0.25, 0.3) is 0 Å². The maximum Gasteiger partial charge on any atom is 0.350 e. The molecule has 1 aromatic rings. The zero-order valence-electron chi connectivity index (χ0n) is 13.7. The van der Waals surface area contributed by atoms with E-state index in [1.165, 1.54) is 11.8 Å². The van der Waals surface area contributed by atoms with Gasteiger partial charge in [-0.15, -0.1) is 0 Å². The molecular weight excluding hydrogens is 344 g/mol. The molecule has 0 amide bonds. The lowest BCUT2D eigenvalue weighted by atomic mass is 10.2. The van der Waals surface area contributed by atoms with Gasteiger partial charge in [0.2, 0.25) is 6.79 Å². The van der Waals surface area contributed by atoms with E-state index in [-0.39, 0.29) is 19.0 Å². The Morgan fingerprint density at radius 1 is 1.48 bits per heavy atom. The topological polar surface area (TPSA) is 105 Å². The second-order valence-corrected chi connectivity index (χ2v) is 5.29. The van der Waals surface area contributed by atoms with Crippen LogP contribution >= 0.6 is 11.8 Å². The van der Waals surface area contributed by atoms with E-state index in [0.717, 1.165) is 11.8 Å². The fraction of sp³-hybridized carbons (Fsp3) is 0.250. The maximum atomic E-state index is 11.5. The van der Waals surface area contributed by atoms with Gasteiger partial charge in [0.05, 0.1) is 19.0 Å². The molecule has 0 saturated heterocycles. The summed E-state index contributed by atoms with van der Waals surface area (Å²) >= 11 is 1.28. The van der Waals surface area contributed by atoms with Crippen LogP contribution in [0.1, 0.15) is 12.5 Å². The van der Waals surface area contributed by atoms with Crippen LogP contribution in [-0.2, 0) is 9.53 Å². The largest absolute Gasteiger partial charge is 0.462 e. The summed E-state index contributed by atoms with van der Waals surface area (Å²) in [6.07, 6.45) is 4.52. The van der Waals surface area contributed by atoms with Gasteiger partial charge in [-0.05, 0) is 36.9 Å². The third-order valence-corrected chi connectivity index (χ3v) is 3.47. The number of carbonyl (C=O) groups is 1. The number of hydrogen-bond acceptors (Lipinski definition) is 8. The highest BCUT2D eigenvalue weighted by molar-refractivity contribution is 8.13. The molecule has 1 heterocycles. The van der Waals surface area contributed by atoms with Crippen LogP contribution in [0.15, 0.2) is 40.1 Å². The summed E-state index contributed by atoms with van der Waals surface area (Å²) in [6, 6.07) is 7.19. The Bertz CT molecular complexity index is 768. The van der Waals surface area contributed by atoms with Crippen LogP contribution in [0.5, 0.6) is 11.5 Å². The van der Waals surface area contributed by atoms with E-state index < -0.39 is 5.97 Å². The van der Waals surface area contributed by atoms with Crippen molar-refractivity contribution < 1.29 is 19.0 Å². The molecule has 0 fully saturated rings. The number of amidine groups is 1. The molecule has 25 heavy (non-hydrogen) atoms. The number of esters is 1. The summed E-state index contributed by atoms with van der Waals surface area (Å²) in [6.45, 7) is 2.07. The second kappa shape index (κ2) is 9.34. The van der Waals surface area contributed by atoms with Crippen LogP contribution in [0.25, 0.3) is 0 Å². The van der Waals surface area contributed by atoms with Crippen molar-refractivity contribution in [2.24, 2.45) is 10.1 Å². The molecule has 1 aromatic carbocycles. The van der Waals surface area contributed by atoms with Crippen molar-refractivity contribution in [2.75, 3.05) is 19.7 Å². The monoisotopic (exact) mass is 360 g/mol. The number of hydrazone groups is 1. The molecule has 8 nitrogen and oxygen atoms in total. The van der Waals surface area contributed by atoms with E-state index in [0.29, 0.717) is 16.7 Å². The highest BCUT2D eigenvalue weighted by atomic mass is 32.2. The zero-order chi connectivity index (χ0) is 18.1. The molecule has 0 radical (unpaired) electrons. The van der Waals surface area contributed by atoms with E-state index in [1.807, 2.05) is 6.07 Å². The number of carbonyl (C=O) groups excluding carboxylic acids is 1. The number of nitrogens with one attached hydrogen (secondary N) is 1. The lowest BCUT2D eigenvalue weighted by molar-refractivity contribution is -0.138. The number of aliphatic imine (C=N–C) groups is 1. The van der Waals surface area contributed by atoms with Gasteiger partial charge in [-0.2, -0.15) is 10.4 Å². The van der Waals surface area contributed by atoms with Gasteiger partial charge in [-0.25, -0.2) is 9.79 Å². The van der Waals surface area contributed by atoms with Crippen molar-refractivity contribution in [3.63, 3.8) is 0 Å². The summed E-state index contributed by atoms with van der Waals surface area (Å²) in [5, 5.41) is 13.4. The summed E-state index contributed by atoms with van der Waals surface area (Å²) in [5.74, 6) is 0.654. The summed E-state index contributed by atoms with van der Waals surface area (Å²) in [4.78, 5) is 15.5. The standard InChI is InChI=1S/C16H16N4O4S/c1-3-22-15(21)12(7-17)9-18-16(25-2)20-19-8-11-4-5-13-14(6-11)24-10-23-13/h4-6,8-9H,3,10H2,1-2H3,(H,18,20)/b12-9+,19-8+. The van der Waals surface area contributed by atoms with Gasteiger partial charge < -0.3 is 14.2 Å². The summed E-state index contributed by atoms with van der Waals surface area (Å²) in [7, 11) is 0. The van der Waals surface area contributed by atoms with Gasteiger partial charge in [0.1, 0.15) is 6.07 Å². The number of hydrogen-bond donors (Lipinski definition) is 1. The molecule has 2 rings (SSSR count). The zero-order valence-corrected chi connectivity index (χ0v) is 14.5.